The highest BCUT2D eigenvalue weighted by molar-refractivity contribution is 6.30. The zero-order valence-electron chi connectivity index (χ0n) is 12.4. The lowest BCUT2D eigenvalue weighted by molar-refractivity contribution is -0.121. The van der Waals surface area contributed by atoms with E-state index < -0.39 is 0 Å². The van der Waals surface area contributed by atoms with Gasteiger partial charge in [0.05, 0.1) is 6.04 Å². The molecule has 1 unspecified atom stereocenters. The van der Waals surface area contributed by atoms with Crippen LogP contribution in [-0.4, -0.2) is 37.0 Å². The lowest BCUT2D eigenvalue weighted by Crippen LogP contribution is -2.36. The molecule has 1 aromatic rings. The number of benzene rings is 1. The third-order valence-corrected chi connectivity index (χ3v) is 4.15. The molecule has 0 aliphatic carbocycles. The molecule has 1 heterocycles. The molecule has 1 saturated heterocycles. The molecule has 1 atom stereocenters. The Hall–Kier alpha value is -1.10. The van der Waals surface area contributed by atoms with Gasteiger partial charge in [0.1, 0.15) is 0 Å². The van der Waals surface area contributed by atoms with E-state index in [1.807, 2.05) is 18.2 Å². The summed E-state index contributed by atoms with van der Waals surface area (Å²) in [5, 5.41) is 3.77. The number of likely N-dealkylation sites (tertiary alicyclic amines) is 1. The minimum absolute atomic E-state index is 0.0756. The number of hydrogen-bond acceptors (Lipinski definition) is 3. The van der Waals surface area contributed by atoms with Gasteiger partial charge in [-0.15, -0.1) is 0 Å². The molecule has 0 saturated carbocycles. The third kappa shape index (κ3) is 4.99. The van der Waals surface area contributed by atoms with Gasteiger partial charge in [-0.05, 0) is 56.6 Å². The molecule has 1 amide bonds. The van der Waals surface area contributed by atoms with Crippen molar-refractivity contribution in [2.75, 3.05) is 26.2 Å². The summed E-state index contributed by atoms with van der Waals surface area (Å²) >= 11 is 6.11. The van der Waals surface area contributed by atoms with E-state index in [0.29, 0.717) is 19.5 Å². The summed E-state index contributed by atoms with van der Waals surface area (Å²) in [7, 11) is 0. The summed E-state index contributed by atoms with van der Waals surface area (Å²) in [5.74, 6) is 0.0756. The maximum Gasteiger partial charge on any atom is 0.220 e. The van der Waals surface area contributed by atoms with Crippen LogP contribution in [0.25, 0.3) is 0 Å². The van der Waals surface area contributed by atoms with Crippen molar-refractivity contribution in [2.45, 2.75) is 31.7 Å². The molecular weight excluding hydrogens is 286 g/mol. The Balaban J connectivity index is 2.00. The molecule has 0 bridgehead atoms. The average Bonchev–Trinajstić information content (AvgIpc) is 2.99. The van der Waals surface area contributed by atoms with Crippen LogP contribution in [0, 0.1) is 0 Å². The van der Waals surface area contributed by atoms with Gasteiger partial charge >= 0.3 is 0 Å². The zero-order chi connectivity index (χ0) is 15.1. The Morgan fingerprint density at radius 1 is 1.38 bits per heavy atom. The SMILES string of the molecule is NCCCC(=O)NCC(c1cccc(Cl)c1)N1CCCC1. The molecule has 1 aliphatic rings. The predicted molar refractivity (Wildman–Crippen MR) is 86.3 cm³/mol. The Kier molecular flexibility index (Phi) is 6.49. The van der Waals surface area contributed by atoms with Crippen LogP contribution in [0.2, 0.25) is 5.02 Å². The lowest BCUT2D eigenvalue weighted by atomic mass is 10.1. The van der Waals surface area contributed by atoms with Crippen molar-refractivity contribution in [1.82, 2.24) is 10.2 Å². The second-order valence-electron chi connectivity index (χ2n) is 5.51. The fourth-order valence-corrected chi connectivity index (χ4v) is 2.99. The van der Waals surface area contributed by atoms with Gasteiger partial charge in [-0.2, -0.15) is 0 Å². The molecule has 3 N–H and O–H groups in total. The topological polar surface area (TPSA) is 58.4 Å². The van der Waals surface area contributed by atoms with Gasteiger partial charge in [0.15, 0.2) is 0 Å². The number of hydrogen-bond donors (Lipinski definition) is 2. The molecule has 4 nitrogen and oxygen atoms in total. The smallest absolute Gasteiger partial charge is 0.220 e. The average molecular weight is 310 g/mol. The molecule has 1 fully saturated rings. The van der Waals surface area contributed by atoms with Gasteiger partial charge in [0, 0.05) is 18.0 Å². The van der Waals surface area contributed by atoms with Crippen molar-refractivity contribution in [2.24, 2.45) is 5.73 Å². The molecule has 0 radical (unpaired) electrons. The second-order valence-corrected chi connectivity index (χ2v) is 5.95. The van der Waals surface area contributed by atoms with E-state index in [1.165, 1.54) is 18.4 Å². The van der Waals surface area contributed by atoms with E-state index in [0.717, 1.165) is 24.5 Å². The highest BCUT2D eigenvalue weighted by Crippen LogP contribution is 2.26. The summed E-state index contributed by atoms with van der Waals surface area (Å²) in [4.78, 5) is 14.2. The molecule has 1 aliphatic heterocycles. The van der Waals surface area contributed by atoms with Gasteiger partial charge in [-0.25, -0.2) is 0 Å². The van der Waals surface area contributed by atoms with Crippen LogP contribution in [0.5, 0.6) is 0 Å². The Bertz CT molecular complexity index is 461. The number of nitrogens with two attached hydrogens (primary N) is 1. The second kappa shape index (κ2) is 8.37. The normalized spacial score (nSPS) is 16.9. The maximum atomic E-state index is 11.8. The van der Waals surface area contributed by atoms with Gasteiger partial charge in [0.2, 0.25) is 5.91 Å². The van der Waals surface area contributed by atoms with Crippen LogP contribution in [0.1, 0.15) is 37.3 Å². The molecule has 116 valence electrons. The first-order valence-electron chi connectivity index (χ1n) is 7.67. The van der Waals surface area contributed by atoms with E-state index in [-0.39, 0.29) is 11.9 Å². The standard InChI is InChI=1S/C16H24ClN3O/c17-14-6-3-5-13(11-14)15(20-9-1-2-10-20)12-19-16(21)7-4-8-18/h3,5-6,11,15H,1-2,4,7-10,12,18H2,(H,19,21). The van der Waals surface area contributed by atoms with E-state index in [1.54, 1.807) is 0 Å². The van der Waals surface area contributed by atoms with Gasteiger partial charge in [-0.1, -0.05) is 23.7 Å². The highest BCUT2D eigenvalue weighted by Gasteiger charge is 2.23. The van der Waals surface area contributed by atoms with Crippen LogP contribution in [0.3, 0.4) is 0 Å². The van der Waals surface area contributed by atoms with Crippen LogP contribution in [0.15, 0.2) is 24.3 Å². The van der Waals surface area contributed by atoms with E-state index in [4.69, 9.17) is 17.3 Å². The van der Waals surface area contributed by atoms with Crippen molar-refractivity contribution in [1.29, 1.82) is 0 Å². The van der Waals surface area contributed by atoms with Crippen molar-refractivity contribution < 1.29 is 4.79 Å². The van der Waals surface area contributed by atoms with Gasteiger partial charge < -0.3 is 11.1 Å². The third-order valence-electron chi connectivity index (χ3n) is 3.92. The van der Waals surface area contributed by atoms with E-state index in [9.17, 15) is 4.79 Å². The van der Waals surface area contributed by atoms with Crippen molar-refractivity contribution >= 4 is 17.5 Å². The summed E-state index contributed by atoms with van der Waals surface area (Å²) in [5.41, 5.74) is 6.61. The van der Waals surface area contributed by atoms with Crippen LogP contribution in [0.4, 0.5) is 0 Å². The molecule has 1 aromatic carbocycles. The molecular formula is C16H24ClN3O. The molecule has 0 spiro atoms. The lowest BCUT2D eigenvalue weighted by Gasteiger charge is -2.28. The van der Waals surface area contributed by atoms with Gasteiger partial charge in [0.25, 0.3) is 0 Å². The maximum absolute atomic E-state index is 11.8. The number of nitrogens with one attached hydrogen (secondary N) is 1. The molecule has 21 heavy (non-hydrogen) atoms. The number of rotatable bonds is 7. The predicted octanol–water partition coefficient (Wildman–Crippen LogP) is 2.33. The number of carbonyl (C=O) groups is 1. The molecule has 2 rings (SSSR count). The number of nitrogens with zero attached hydrogens (tertiary/aromatic N) is 1. The summed E-state index contributed by atoms with van der Waals surface area (Å²) < 4.78 is 0. The van der Waals surface area contributed by atoms with Crippen LogP contribution in [-0.2, 0) is 4.79 Å². The first kappa shape index (κ1) is 16.3. The van der Waals surface area contributed by atoms with Crippen molar-refractivity contribution in [3.8, 4) is 0 Å². The zero-order valence-corrected chi connectivity index (χ0v) is 13.1. The van der Waals surface area contributed by atoms with E-state index >= 15 is 0 Å². The fraction of sp³-hybridized carbons (Fsp3) is 0.562. The number of halogens is 1. The quantitative estimate of drug-likeness (QED) is 0.813. The fourth-order valence-electron chi connectivity index (χ4n) is 2.79. The monoisotopic (exact) mass is 309 g/mol. The summed E-state index contributed by atoms with van der Waals surface area (Å²) in [6.45, 7) is 3.34. The number of carbonyl (C=O) groups excluding carboxylic acids is 1. The number of amides is 1. The van der Waals surface area contributed by atoms with Gasteiger partial charge in [-0.3, -0.25) is 9.69 Å². The first-order valence-corrected chi connectivity index (χ1v) is 8.05. The minimum Gasteiger partial charge on any atom is -0.354 e. The Morgan fingerprint density at radius 3 is 2.81 bits per heavy atom. The minimum atomic E-state index is 0.0756. The first-order chi connectivity index (χ1) is 10.2. The Labute approximate surface area is 131 Å². The van der Waals surface area contributed by atoms with Crippen LogP contribution < -0.4 is 11.1 Å². The summed E-state index contributed by atoms with van der Waals surface area (Å²) in [6.07, 6.45) is 3.67. The van der Waals surface area contributed by atoms with Crippen molar-refractivity contribution in [3.63, 3.8) is 0 Å². The molecule has 0 aromatic heterocycles. The summed E-state index contributed by atoms with van der Waals surface area (Å²) in [6, 6.07) is 8.13. The molecule has 5 heteroatoms. The Morgan fingerprint density at radius 2 is 2.14 bits per heavy atom. The van der Waals surface area contributed by atoms with Crippen LogP contribution >= 0.6 is 11.6 Å². The largest absolute Gasteiger partial charge is 0.354 e. The van der Waals surface area contributed by atoms with Crippen molar-refractivity contribution in [3.05, 3.63) is 34.9 Å². The van der Waals surface area contributed by atoms with E-state index in [2.05, 4.69) is 16.3 Å². The highest BCUT2D eigenvalue weighted by atomic mass is 35.5.